The molecule has 0 atom stereocenters. The first-order valence-corrected chi connectivity index (χ1v) is 11.3. The van der Waals surface area contributed by atoms with Gasteiger partial charge in [-0.15, -0.1) is 0 Å². The zero-order chi connectivity index (χ0) is 21.9. The number of nitrogens with zero attached hydrogens (tertiary/aromatic N) is 3. The van der Waals surface area contributed by atoms with Crippen LogP contribution in [0, 0.1) is 6.92 Å². The third-order valence-corrected chi connectivity index (χ3v) is 6.40. The number of ether oxygens (including phenoxy) is 2. The highest BCUT2D eigenvalue weighted by Gasteiger charge is 2.27. The van der Waals surface area contributed by atoms with Gasteiger partial charge in [-0.3, -0.25) is 4.79 Å². The molecule has 2 heterocycles. The normalized spacial score (nSPS) is 15.4. The lowest BCUT2D eigenvalue weighted by Gasteiger charge is -2.33. The van der Waals surface area contributed by atoms with E-state index in [1.807, 2.05) is 31.2 Å². The van der Waals surface area contributed by atoms with Crippen molar-refractivity contribution in [3.63, 3.8) is 0 Å². The molecule has 0 spiro atoms. The van der Waals surface area contributed by atoms with Gasteiger partial charge in [-0.2, -0.15) is 4.31 Å². The number of hydrogen-bond donors (Lipinski definition) is 0. The van der Waals surface area contributed by atoms with Crippen molar-refractivity contribution in [3.05, 3.63) is 41.1 Å². The molecule has 1 aromatic heterocycles. The molecule has 1 aliphatic heterocycles. The van der Waals surface area contributed by atoms with Crippen LogP contribution in [0.3, 0.4) is 0 Å². The maximum Gasteiger partial charge on any atom is 0.340 e. The van der Waals surface area contributed by atoms with Gasteiger partial charge in [0, 0.05) is 38.7 Å². The summed E-state index contributed by atoms with van der Waals surface area (Å²) in [6.07, 6.45) is 1.14. The summed E-state index contributed by atoms with van der Waals surface area (Å²) in [7, 11) is -1.76. The Morgan fingerprint density at radius 2 is 1.80 bits per heavy atom. The van der Waals surface area contributed by atoms with Crippen LogP contribution >= 0.6 is 0 Å². The van der Waals surface area contributed by atoms with Crippen LogP contribution in [0.5, 0.6) is 0 Å². The first kappa shape index (κ1) is 22.1. The molecule has 0 unspecified atom stereocenters. The number of carbonyl (C=O) groups excluding carboxylic acids is 2. The molecule has 9 nitrogen and oxygen atoms in total. The summed E-state index contributed by atoms with van der Waals surface area (Å²) in [5, 5.41) is 0.826. The molecule has 30 heavy (non-hydrogen) atoms. The monoisotopic (exact) mass is 435 g/mol. The van der Waals surface area contributed by atoms with Crippen LogP contribution in [0.25, 0.3) is 10.9 Å². The van der Waals surface area contributed by atoms with Gasteiger partial charge in [0.1, 0.15) is 0 Å². The van der Waals surface area contributed by atoms with Crippen molar-refractivity contribution < 1.29 is 27.5 Å². The minimum Gasteiger partial charge on any atom is -0.452 e. The van der Waals surface area contributed by atoms with E-state index in [0.29, 0.717) is 16.8 Å². The molecule has 1 fully saturated rings. The maximum atomic E-state index is 12.8. The van der Waals surface area contributed by atoms with E-state index in [4.69, 9.17) is 9.47 Å². The first-order valence-electron chi connectivity index (χ1n) is 9.49. The van der Waals surface area contributed by atoms with E-state index in [1.165, 1.54) is 16.3 Å². The SMILES string of the molecule is COCc1nc2ccccc2c(C)c1C(=O)OCC(=O)N1CCN(S(C)(=O)=O)CC1. The molecule has 1 aliphatic rings. The average Bonchev–Trinajstić information content (AvgIpc) is 2.72. The highest BCUT2D eigenvalue weighted by Crippen LogP contribution is 2.24. The molecule has 0 aliphatic carbocycles. The van der Waals surface area contributed by atoms with E-state index in [2.05, 4.69) is 4.98 Å². The van der Waals surface area contributed by atoms with Crippen molar-refractivity contribution >= 4 is 32.8 Å². The van der Waals surface area contributed by atoms with Gasteiger partial charge in [0.15, 0.2) is 6.61 Å². The topological polar surface area (TPSA) is 106 Å². The molecule has 10 heteroatoms. The number of rotatable bonds is 6. The first-order chi connectivity index (χ1) is 14.2. The van der Waals surface area contributed by atoms with Crippen LogP contribution in [0.15, 0.2) is 24.3 Å². The van der Waals surface area contributed by atoms with Gasteiger partial charge in [-0.1, -0.05) is 18.2 Å². The summed E-state index contributed by atoms with van der Waals surface area (Å²) in [5.74, 6) is -1.00. The predicted octanol–water partition coefficient (Wildman–Crippen LogP) is 0.950. The minimum atomic E-state index is -3.28. The second-order valence-corrected chi connectivity index (χ2v) is 9.11. The minimum absolute atomic E-state index is 0.136. The fourth-order valence-electron chi connectivity index (χ4n) is 3.51. The third-order valence-electron chi connectivity index (χ3n) is 5.10. The second-order valence-electron chi connectivity index (χ2n) is 7.13. The number of aromatic nitrogens is 1. The van der Waals surface area contributed by atoms with E-state index < -0.39 is 22.6 Å². The number of sulfonamides is 1. The smallest absolute Gasteiger partial charge is 0.340 e. The van der Waals surface area contributed by atoms with Crippen molar-refractivity contribution in [2.24, 2.45) is 0 Å². The number of piperazine rings is 1. The molecule has 0 saturated carbocycles. The van der Waals surface area contributed by atoms with Gasteiger partial charge in [0.2, 0.25) is 10.0 Å². The molecule has 0 bridgehead atoms. The van der Waals surface area contributed by atoms with Crippen LogP contribution < -0.4 is 0 Å². The lowest BCUT2D eigenvalue weighted by atomic mass is 10.0. The van der Waals surface area contributed by atoms with E-state index in [-0.39, 0.29) is 38.7 Å². The van der Waals surface area contributed by atoms with Gasteiger partial charge in [-0.05, 0) is 18.6 Å². The molecule has 1 aromatic carbocycles. The van der Waals surface area contributed by atoms with Crippen LogP contribution in [-0.2, 0) is 30.9 Å². The molecule has 1 amide bonds. The Balaban J connectivity index is 1.70. The molecular weight excluding hydrogens is 410 g/mol. The van der Waals surface area contributed by atoms with Crippen LogP contribution in [0.1, 0.15) is 21.6 Å². The Bertz CT molecular complexity index is 1060. The van der Waals surface area contributed by atoms with E-state index >= 15 is 0 Å². The number of fused-ring (bicyclic) bond motifs is 1. The van der Waals surface area contributed by atoms with Gasteiger partial charge < -0.3 is 14.4 Å². The Morgan fingerprint density at radius 3 is 2.43 bits per heavy atom. The number of benzene rings is 1. The number of esters is 1. The lowest BCUT2D eigenvalue weighted by molar-refractivity contribution is -0.135. The van der Waals surface area contributed by atoms with Crippen molar-refractivity contribution in [2.75, 3.05) is 46.2 Å². The number of hydrogen-bond acceptors (Lipinski definition) is 7. The zero-order valence-electron chi connectivity index (χ0n) is 17.3. The van der Waals surface area contributed by atoms with Crippen LogP contribution in [0.2, 0.25) is 0 Å². The van der Waals surface area contributed by atoms with E-state index in [0.717, 1.165) is 17.2 Å². The summed E-state index contributed by atoms with van der Waals surface area (Å²) >= 11 is 0. The molecule has 0 radical (unpaired) electrons. The summed E-state index contributed by atoms with van der Waals surface area (Å²) in [5.41, 5.74) is 2.21. The van der Waals surface area contributed by atoms with Crippen LogP contribution in [-0.4, -0.2) is 80.6 Å². The van der Waals surface area contributed by atoms with Crippen LogP contribution in [0.4, 0.5) is 0 Å². The average molecular weight is 436 g/mol. The van der Waals surface area contributed by atoms with Crippen molar-refractivity contribution in [1.29, 1.82) is 0 Å². The summed E-state index contributed by atoms with van der Waals surface area (Å²) < 4.78 is 35.0. The number of carbonyl (C=O) groups is 2. The Kier molecular flexibility index (Phi) is 6.69. The highest BCUT2D eigenvalue weighted by atomic mass is 32.2. The van der Waals surface area contributed by atoms with Crippen molar-refractivity contribution in [1.82, 2.24) is 14.2 Å². The Hall–Kier alpha value is -2.56. The quantitative estimate of drug-likeness (QED) is 0.622. The number of methoxy groups -OCH3 is 1. The van der Waals surface area contributed by atoms with E-state index in [1.54, 1.807) is 0 Å². The highest BCUT2D eigenvalue weighted by molar-refractivity contribution is 7.88. The number of aryl methyl sites for hydroxylation is 1. The second kappa shape index (κ2) is 9.07. The molecule has 0 N–H and O–H groups in total. The molecule has 3 rings (SSSR count). The largest absolute Gasteiger partial charge is 0.452 e. The Morgan fingerprint density at radius 1 is 1.13 bits per heavy atom. The third kappa shape index (κ3) is 4.77. The van der Waals surface area contributed by atoms with Gasteiger partial charge in [0.25, 0.3) is 5.91 Å². The van der Waals surface area contributed by atoms with Gasteiger partial charge in [0.05, 0.1) is 29.6 Å². The summed E-state index contributed by atoms with van der Waals surface area (Å²) in [6, 6.07) is 7.46. The van der Waals surface area contributed by atoms with Crippen molar-refractivity contribution in [3.8, 4) is 0 Å². The fraction of sp³-hybridized carbons (Fsp3) is 0.450. The van der Waals surface area contributed by atoms with Gasteiger partial charge >= 0.3 is 5.97 Å². The molecule has 2 aromatic rings. The zero-order valence-corrected chi connectivity index (χ0v) is 18.1. The fourth-order valence-corrected chi connectivity index (χ4v) is 4.34. The molecular formula is C20H25N3O6S. The summed E-state index contributed by atoms with van der Waals surface area (Å²) in [4.78, 5) is 31.2. The summed E-state index contributed by atoms with van der Waals surface area (Å²) in [6.45, 7) is 2.50. The maximum absolute atomic E-state index is 12.8. The molecule has 1 saturated heterocycles. The van der Waals surface area contributed by atoms with Crippen molar-refractivity contribution in [2.45, 2.75) is 13.5 Å². The Labute approximate surface area is 175 Å². The number of amides is 1. The number of pyridine rings is 1. The van der Waals surface area contributed by atoms with E-state index in [9.17, 15) is 18.0 Å². The standard InChI is InChI=1S/C20H25N3O6S/c1-14-15-6-4-5-7-16(15)21-17(12-28-2)19(14)20(25)29-13-18(24)22-8-10-23(11-9-22)30(3,26)27/h4-7H,8-13H2,1-3H3. The lowest BCUT2D eigenvalue weighted by Crippen LogP contribution is -2.51. The number of para-hydroxylation sites is 1. The molecule has 162 valence electrons. The van der Waals surface area contributed by atoms with Gasteiger partial charge in [-0.25, -0.2) is 18.2 Å². The predicted molar refractivity (Wildman–Crippen MR) is 110 cm³/mol.